The van der Waals surface area contributed by atoms with E-state index in [1.807, 2.05) is 0 Å². The lowest BCUT2D eigenvalue weighted by Crippen LogP contribution is -2.31. The van der Waals surface area contributed by atoms with Crippen LogP contribution in [-0.4, -0.2) is 28.7 Å². The van der Waals surface area contributed by atoms with Gasteiger partial charge < -0.3 is 10.4 Å². The first-order chi connectivity index (χ1) is 6.58. The quantitative estimate of drug-likeness (QED) is 0.543. The van der Waals surface area contributed by atoms with Crippen LogP contribution in [0.15, 0.2) is 23.4 Å². The fourth-order valence-corrected chi connectivity index (χ4v) is 1.49. The number of Topliss-reactive ketones (excluding diaryl/α,β-unsaturated/α-hetero) is 1. The van der Waals surface area contributed by atoms with Crippen LogP contribution in [0, 0.1) is 0 Å². The Kier molecular flexibility index (Phi) is 1.73. The van der Waals surface area contributed by atoms with E-state index in [2.05, 4.69) is 5.32 Å². The molecule has 14 heavy (non-hydrogen) atoms. The van der Waals surface area contributed by atoms with Crippen molar-refractivity contribution in [3.05, 3.63) is 23.4 Å². The molecule has 2 aliphatic rings. The zero-order chi connectivity index (χ0) is 10.3. The van der Waals surface area contributed by atoms with Gasteiger partial charge in [-0.3, -0.25) is 9.59 Å². The van der Waals surface area contributed by atoms with Crippen molar-refractivity contribution < 1.29 is 19.5 Å². The summed E-state index contributed by atoms with van der Waals surface area (Å²) in [6.07, 6.45) is 2.61. The van der Waals surface area contributed by atoms with Crippen molar-refractivity contribution in [2.45, 2.75) is 12.5 Å². The molecule has 72 valence electrons. The second kappa shape index (κ2) is 2.80. The monoisotopic (exact) mass is 193 g/mol. The fourth-order valence-electron chi connectivity index (χ4n) is 1.49. The average molecular weight is 193 g/mol. The fraction of sp³-hybridized carbons (Fsp3) is 0.222. The minimum absolute atomic E-state index is 0.00144. The van der Waals surface area contributed by atoms with Gasteiger partial charge in [0, 0.05) is 18.2 Å². The van der Waals surface area contributed by atoms with Crippen LogP contribution in [0.25, 0.3) is 0 Å². The zero-order valence-corrected chi connectivity index (χ0v) is 7.11. The van der Waals surface area contributed by atoms with E-state index in [1.54, 1.807) is 0 Å². The highest BCUT2D eigenvalue weighted by atomic mass is 16.4. The molecule has 2 rings (SSSR count). The van der Waals surface area contributed by atoms with E-state index in [9.17, 15) is 14.4 Å². The second-order valence-corrected chi connectivity index (χ2v) is 3.17. The van der Waals surface area contributed by atoms with Gasteiger partial charge in [0.25, 0.3) is 0 Å². The largest absolute Gasteiger partial charge is 0.479 e. The lowest BCUT2D eigenvalue weighted by atomic mass is 9.98. The Morgan fingerprint density at radius 3 is 2.86 bits per heavy atom. The summed E-state index contributed by atoms with van der Waals surface area (Å²) >= 11 is 0. The smallest absolute Gasteiger partial charge is 0.330 e. The number of carboxylic acids is 1. The Morgan fingerprint density at radius 1 is 1.50 bits per heavy atom. The lowest BCUT2D eigenvalue weighted by molar-refractivity contribution is -0.137. The third-order valence-corrected chi connectivity index (χ3v) is 2.19. The Hall–Kier alpha value is -1.91. The third-order valence-electron chi connectivity index (χ3n) is 2.19. The molecule has 0 unspecified atom stereocenters. The molecule has 1 aliphatic heterocycles. The molecule has 0 saturated heterocycles. The summed E-state index contributed by atoms with van der Waals surface area (Å²) in [6, 6.07) is -0.824. The number of rotatable bonds is 1. The third kappa shape index (κ3) is 1.22. The standard InChI is InChI=1S/C9H7NO4/c11-7-2-4-1-6(9(13)14)10-5(4)3-8(7)12/h1,3,6,10H,2H2,(H,13,14)/t6-/m0/s1. The van der Waals surface area contributed by atoms with Crippen LogP contribution in [0.1, 0.15) is 6.42 Å². The number of hydrogen-bond donors (Lipinski definition) is 2. The van der Waals surface area contributed by atoms with Crippen molar-refractivity contribution in [3.63, 3.8) is 0 Å². The van der Waals surface area contributed by atoms with Crippen molar-refractivity contribution in [2.24, 2.45) is 0 Å². The number of fused-ring (bicyclic) bond motifs is 1. The lowest BCUT2D eigenvalue weighted by Gasteiger charge is -2.10. The molecule has 1 aliphatic carbocycles. The summed E-state index contributed by atoms with van der Waals surface area (Å²) in [5.41, 5.74) is 1.06. The van der Waals surface area contributed by atoms with Gasteiger partial charge in [0.05, 0.1) is 0 Å². The molecule has 0 radical (unpaired) electrons. The highest BCUT2D eigenvalue weighted by Crippen LogP contribution is 2.24. The predicted molar refractivity (Wildman–Crippen MR) is 45.4 cm³/mol. The topological polar surface area (TPSA) is 83.5 Å². The van der Waals surface area contributed by atoms with Crippen LogP contribution < -0.4 is 5.32 Å². The first-order valence-electron chi connectivity index (χ1n) is 4.07. The molecule has 0 saturated carbocycles. The summed E-state index contributed by atoms with van der Waals surface area (Å²) in [6.45, 7) is 0. The summed E-state index contributed by atoms with van der Waals surface area (Å²) in [4.78, 5) is 32.6. The molecular weight excluding hydrogens is 186 g/mol. The summed E-state index contributed by atoms with van der Waals surface area (Å²) < 4.78 is 0. The van der Waals surface area contributed by atoms with Gasteiger partial charge in [-0.15, -0.1) is 0 Å². The van der Waals surface area contributed by atoms with Crippen LogP contribution in [0.3, 0.4) is 0 Å². The van der Waals surface area contributed by atoms with E-state index in [0.29, 0.717) is 11.3 Å². The minimum atomic E-state index is -1.02. The van der Waals surface area contributed by atoms with Crippen LogP contribution in [0.2, 0.25) is 0 Å². The van der Waals surface area contributed by atoms with E-state index in [0.717, 1.165) is 6.08 Å². The van der Waals surface area contributed by atoms with Gasteiger partial charge in [-0.2, -0.15) is 0 Å². The molecule has 1 atom stereocenters. The van der Waals surface area contributed by atoms with Crippen molar-refractivity contribution in [2.75, 3.05) is 0 Å². The molecule has 2 N–H and O–H groups in total. The van der Waals surface area contributed by atoms with Crippen molar-refractivity contribution in [1.29, 1.82) is 0 Å². The summed E-state index contributed by atoms with van der Waals surface area (Å²) in [5.74, 6) is -2.09. The number of hydrogen-bond acceptors (Lipinski definition) is 4. The summed E-state index contributed by atoms with van der Waals surface area (Å²) in [5, 5.41) is 11.3. The van der Waals surface area contributed by atoms with Gasteiger partial charge in [0.15, 0.2) is 0 Å². The maximum absolute atomic E-state index is 11.0. The normalized spacial score (nSPS) is 25.0. The molecule has 5 nitrogen and oxygen atoms in total. The van der Waals surface area contributed by atoms with Crippen LogP contribution in [0.4, 0.5) is 0 Å². The van der Waals surface area contributed by atoms with Gasteiger partial charge in [0.1, 0.15) is 6.04 Å². The van der Waals surface area contributed by atoms with Crippen LogP contribution >= 0.6 is 0 Å². The Bertz CT molecular complexity index is 405. The number of carbonyl (C=O) groups is 3. The van der Waals surface area contributed by atoms with E-state index < -0.39 is 23.6 Å². The highest BCUT2D eigenvalue weighted by Gasteiger charge is 2.31. The number of nitrogens with one attached hydrogen (secondary N) is 1. The predicted octanol–water partition coefficient (Wildman–Crippen LogP) is -0.605. The van der Waals surface area contributed by atoms with Crippen molar-refractivity contribution in [3.8, 4) is 0 Å². The minimum Gasteiger partial charge on any atom is -0.479 e. The maximum Gasteiger partial charge on any atom is 0.330 e. The number of carbonyl (C=O) groups excluding carboxylic acids is 2. The molecule has 0 spiro atoms. The molecular formula is C9H7NO4. The Balaban J connectivity index is 2.33. The van der Waals surface area contributed by atoms with Gasteiger partial charge in [-0.1, -0.05) is 0 Å². The second-order valence-electron chi connectivity index (χ2n) is 3.17. The van der Waals surface area contributed by atoms with E-state index in [1.165, 1.54) is 6.08 Å². The van der Waals surface area contributed by atoms with Crippen molar-refractivity contribution >= 4 is 17.5 Å². The molecule has 0 aromatic heterocycles. The summed E-state index contributed by atoms with van der Waals surface area (Å²) in [7, 11) is 0. The first-order valence-corrected chi connectivity index (χ1v) is 4.07. The van der Waals surface area contributed by atoms with Gasteiger partial charge in [-0.25, -0.2) is 4.79 Å². The number of ketones is 2. The average Bonchev–Trinajstić information content (AvgIpc) is 2.48. The Labute approximate surface area is 79.1 Å². The molecule has 5 heteroatoms. The van der Waals surface area contributed by atoms with Gasteiger partial charge >= 0.3 is 5.97 Å². The molecule has 0 fully saturated rings. The number of allylic oxidation sites excluding steroid dienone is 2. The molecule has 0 amide bonds. The highest BCUT2D eigenvalue weighted by molar-refractivity contribution is 6.43. The van der Waals surface area contributed by atoms with Crippen molar-refractivity contribution in [1.82, 2.24) is 5.32 Å². The van der Waals surface area contributed by atoms with E-state index in [4.69, 9.17) is 5.11 Å². The van der Waals surface area contributed by atoms with E-state index in [-0.39, 0.29) is 6.42 Å². The first kappa shape index (κ1) is 8.68. The molecule has 0 bridgehead atoms. The number of carboxylic acid groups (broad SMARTS) is 1. The molecule has 0 aromatic carbocycles. The van der Waals surface area contributed by atoms with Gasteiger partial charge in [-0.05, 0) is 11.6 Å². The van der Waals surface area contributed by atoms with Gasteiger partial charge in [0.2, 0.25) is 11.6 Å². The zero-order valence-electron chi connectivity index (χ0n) is 7.11. The molecule has 1 heterocycles. The SMILES string of the molecule is O=C1C=C2N[C@H](C(=O)O)C=C2CC1=O. The van der Waals surface area contributed by atoms with E-state index >= 15 is 0 Å². The maximum atomic E-state index is 11.0. The number of aliphatic carboxylic acids is 1. The molecule has 0 aromatic rings. The Morgan fingerprint density at radius 2 is 2.21 bits per heavy atom. The van der Waals surface area contributed by atoms with Crippen LogP contribution in [0.5, 0.6) is 0 Å². The van der Waals surface area contributed by atoms with Crippen LogP contribution in [-0.2, 0) is 14.4 Å².